The Kier molecular flexibility index (Phi) is 3.25. The summed E-state index contributed by atoms with van der Waals surface area (Å²) in [6, 6.07) is 1.98. The van der Waals surface area contributed by atoms with Gasteiger partial charge in [-0.25, -0.2) is 0 Å². The van der Waals surface area contributed by atoms with E-state index in [1.165, 1.54) is 0 Å². The number of alkyl halides is 3. The van der Waals surface area contributed by atoms with Crippen molar-refractivity contribution < 1.29 is 28.0 Å². The molecule has 8 heteroatoms. The van der Waals surface area contributed by atoms with E-state index in [0.717, 1.165) is 6.07 Å². The third-order valence-electron chi connectivity index (χ3n) is 1.87. The molecule has 0 saturated carbocycles. The predicted octanol–water partition coefficient (Wildman–Crippen LogP) is -0.516. The molecule has 0 heterocycles. The Morgan fingerprint density at radius 2 is 1.81 bits per heavy atom. The van der Waals surface area contributed by atoms with E-state index in [-0.39, 0.29) is 0 Å². The highest BCUT2D eigenvalue weighted by Gasteiger charge is 2.32. The van der Waals surface area contributed by atoms with Gasteiger partial charge in [-0.1, -0.05) is 6.07 Å². The zero-order valence-electron chi connectivity index (χ0n) is 7.82. The molecule has 4 N–H and O–H groups in total. The summed E-state index contributed by atoms with van der Waals surface area (Å²) >= 11 is 0. The van der Waals surface area contributed by atoms with Gasteiger partial charge in [0.1, 0.15) is 0 Å². The SMILES string of the molecule is NC(=O)c1cc(B(O)O)cc(C(F)(F)F)c1. The summed E-state index contributed by atoms with van der Waals surface area (Å²) in [5, 5.41) is 17.5. The van der Waals surface area contributed by atoms with Gasteiger partial charge in [-0.2, -0.15) is 13.2 Å². The van der Waals surface area contributed by atoms with Crippen molar-refractivity contribution >= 4 is 18.5 Å². The number of primary amides is 1. The number of nitrogens with two attached hydrogens (primary N) is 1. The molecule has 0 spiro atoms. The molecular formula is C8H7BF3NO3. The summed E-state index contributed by atoms with van der Waals surface area (Å²) in [4.78, 5) is 10.7. The molecule has 4 nitrogen and oxygen atoms in total. The maximum atomic E-state index is 12.4. The lowest BCUT2D eigenvalue weighted by Gasteiger charge is -2.10. The summed E-state index contributed by atoms with van der Waals surface area (Å²) in [6.07, 6.45) is -4.69. The van der Waals surface area contributed by atoms with E-state index in [2.05, 4.69) is 0 Å². The van der Waals surface area contributed by atoms with Crippen LogP contribution in [0, 0.1) is 0 Å². The minimum atomic E-state index is -4.69. The van der Waals surface area contributed by atoms with Crippen LogP contribution in [0.1, 0.15) is 15.9 Å². The van der Waals surface area contributed by atoms with E-state index in [9.17, 15) is 18.0 Å². The fourth-order valence-electron chi connectivity index (χ4n) is 1.11. The van der Waals surface area contributed by atoms with E-state index in [1.807, 2.05) is 0 Å². The first kappa shape index (κ1) is 12.5. The molecule has 1 rings (SSSR count). The van der Waals surface area contributed by atoms with Crippen molar-refractivity contribution in [2.24, 2.45) is 5.73 Å². The molecule has 0 bridgehead atoms. The molecular weight excluding hydrogens is 226 g/mol. The monoisotopic (exact) mass is 233 g/mol. The minimum Gasteiger partial charge on any atom is -0.423 e. The number of hydrogen-bond donors (Lipinski definition) is 3. The lowest BCUT2D eigenvalue weighted by Crippen LogP contribution is -2.32. The van der Waals surface area contributed by atoms with Crippen molar-refractivity contribution in [3.63, 3.8) is 0 Å². The summed E-state index contributed by atoms with van der Waals surface area (Å²) in [5.41, 5.74) is 2.79. The van der Waals surface area contributed by atoms with Crippen LogP contribution in [0.3, 0.4) is 0 Å². The van der Waals surface area contributed by atoms with Crippen LogP contribution in [0.2, 0.25) is 0 Å². The summed E-state index contributed by atoms with van der Waals surface area (Å²) < 4.78 is 37.1. The Morgan fingerprint density at radius 3 is 2.19 bits per heavy atom. The van der Waals surface area contributed by atoms with Crippen LogP contribution < -0.4 is 11.2 Å². The second-order valence-electron chi connectivity index (χ2n) is 3.08. The molecule has 0 aromatic heterocycles. The molecule has 0 saturated heterocycles. The van der Waals surface area contributed by atoms with Crippen molar-refractivity contribution in [1.82, 2.24) is 0 Å². The molecule has 1 amide bonds. The Labute approximate surface area is 88.6 Å². The van der Waals surface area contributed by atoms with Crippen LogP contribution in [0.25, 0.3) is 0 Å². The Morgan fingerprint density at radius 1 is 1.25 bits per heavy atom. The van der Waals surface area contributed by atoms with Crippen LogP contribution >= 0.6 is 0 Å². The van der Waals surface area contributed by atoms with Gasteiger partial charge in [-0.3, -0.25) is 4.79 Å². The Balaban J connectivity index is 3.36. The number of amides is 1. The van der Waals surface area contributed by atoms with Gasteiger partial charge >= 0.3 is 13.3 Å². The van der Waals surface area contributed by atoms with E-state index < -0.39 is 35.8 Å². The molecule has 0 fully saturated rings. The third-order valence-corrected chi connectivity index (χ3v) is 1.87. The normalized spacial score (nSPS) is 11.3. The molecule has 86 valence electrons. The molecule has 0 aliphatic rings. The van der Waals surface area contributed by atoms with Crippen molar-refractivity contribution in [1.29, 1.82) is 0 Å². The third kappa shape index (κ3) is 2.74. The predicted molar refractivity (Wildman–Crippen MR) is 49.8 cm³/mol. The average molecular weight is 233 g/mol. The smallest absolute Gasteiger partial charge is 0.423 e. The molecule has 0 atom stereocenters. The van der Waals surface area contributed by atoms with Crippen LogP contribution in [-0.4, -0.2) is 23.1 Å². The number of rotatable bonds is 2. The second kappa shape index (κ2) is 4.15. The Hall–Kier alpha value is -1.54. The van der Waals surface area contributed by atoms with Crippen LogP contribution in [0.5, 0.6) is 0 Å². The van der Waals surface area contributed by atoms with Gasteiger partial charge in [0.05, 0.1) is 5.56 Å². The van der Waals surface area contributed by atoms with Crippen molar-refractivity contribution in [3.05, 3.63) is 29.3 Å². The zero-order valence-corrected chi connectivity index (χ0v) is 7.82. The summed E-state index contributed by atoms with van der Waals surface area (Å²) in [7, 11) is -2.10. The number of carbonyl (C=O) groups excluding carboxylic acids is 1. The number of hydrogen-bond acceptors (Lipinski definition) is 3. The molecule has 0 radical (unpaired) electrons. The molecule has 1 aromatic rings. The quantitative estimate of drug-likeness (QED) is 0.601. The minimum absolute atomic E-state index is 0.432. The van der Waals surface area contributed by atoms with E-state index >= 15 is 0 Å². The first-order valence-electron chi connectivity index (χ1n) is 4.10. The molecule has 0 aliphatic carbocycles. The maximum absolute atomic E-state index is 12.4. The lowest BCUT2D eigenvalue weighted by molar-refractivity contribution is -0.137. The number of carbonyl (C=O) groups is 1. The second-order valence-corrected chi connectivity index (χ2v) is 3.08. The molecule has 16 heavy (non-hydrogen) atoms. The van der Waals surface area contributed by atoms with E-state index in [4.69, 9.17) is 15.8 Å². The van der Waals surface area contributed by atoms with Gasteiger partial charge in [0.2, 0.25) is 5.91 Å². The standard InChI is InChI=1S/C8H7BF3NO3/c10-8(11,12)5-1-4(7(13)14)2-6(3-5)9(15)16/h1-3,15-16H,(H2,13,14). The zero-order chi connectivity index (χ0) is 12.5. The van der Waals surface area contributed by atoms with Gasteiger partial charge < -0.3 is 15.8 Å². The van der Waals surface area contributed by atoms with Gasteiger partial charge in [0.15, 0.2) is 0 Å². The van der Waals surface area contributed by atoms with Crippen LogP contribution in [-0.2, 0) is 6.18 Å². The van der Waals surface area contributed by atoms with Gasteiger partial charge in [0.25, 0.3) is 0 Å². The van der Waals surface area contributed by atoms with Crippen molar-refractivity contribution in [2.45, 2.75) is 6.18 Å². The van der Waals surface area contributed by atoms with Crippen molar-refractivity contribution in [3.8, 4) is 0 Å². The van der Waals surface area contributed by atoms with Gasteiger partial charge in [0, 0.05) is 5.56 Å². The fourth-order valence-corrected chi connectivity index (χ4v) is 1.11. The number of halogens is 3. The van der Waals surface area contributed by atoms with Gasteiger partial charge in [-0.05, 0) is 17.6 Å². The average Bonchev–Trinajstić information content (AvgIpc) is 2.15. The highest BCUT2D eigenvalue weighted by molar-refractivity contribution is 6.58. The summed E-state index contributed by atoms with van der Waals surface area (Å²) in [6.45, 7) is 0. The summed E-state index contributed by atoms with van der Waals surface area (Å²) in [5.74, 6) is -1.08. The molecule has 0 unspecified atom stereocenters. The van der Waals surface area contributed by atoms with Gasteiger partial charge in [-0.15, -0.1) is 0 Å². The van der Waals surface area contributed by atoms with Crippen LogP contribution in [0.4, 0.5) is 13.2 Å². The van der Waals surface area contributed by atoms with E-state index in [1.54, 1.807) is 0 Å². The molecule has 1 aromatic carbocycles. The van der Waals surface area contributed by atoms with E-state index in [0.29, 0.717) is 12.1 Å². The van der Waals surface area contributed by atoms with Crippen molar-refractivity contribution in [2.75, 3.05) is 0 Å². The van der Waals surface area contributed by atoms with Crippen LogP contribution in [0.15, 0.2) is 18.2 Å². The highest BCUT2D eigenvalue weighted by atomic mass is 19.4. The fraction of sp³-hybridized carbons (Fsp3) is 0.125. The number of benzene rings is 1. The first-order chi connectivity index (χ1) is 7.21. The molecule has 0 aliphatic heterocycles. The maximum Gasteiger partial charge on any atom is 0.488 e. The largest absolute Gasteiger partial charge is 0.488 e. The first-order valence-corrected chi connectivity index (χ1v) is 4.10. The topological polar surface area (TPSA) is 83.6 Å². The highest BCUT2D eigenvalue weighted by Crippen LogP contribution is 2.29. The lowest BCUT2D eigenvalue weighted by atomic mass is 9.78. The Bertz CT molecular complexity index is 419.